The molecule has 1 saturated heterocycles. The van der Waals surface area contributed by atoms with Gasteiger partial charge in [-0.05, 0) is 34.1 Å². The van der Waals surface area contributed by atoms with Gasteiger partial charge in [-0.3, -0.25) is 4.98 Å². The van der Waals surface area contributed by atoms with Crippen LogP contribution in [0.15, 0.2) is 47.3 Å². The molecule has 0 amide bonds. The molecule has 0 saturated carbocycles. The van der Waals surface area contributed by atoms with Crippen LogP contribution in [0.25, 0.3) is 0 Å². The number of hydrogen-bond donors (Lipinski definition) is 0. The van der Waals surface area contributed by atoms with Crippen molar-refractivity contribution < 1.29 is 0 Å². The van der Waals surface area contributed by atoms with Crippen LogP contribution in [0.5, 0.6) is 0 Å². The molecule has 3 heterocycles. The summed E-state index contributed by atoms with van der Waals surface area (Å²) in [5.74, 6) is 1.06. The standard InChI is InChI=1S/C14H15BrN4/c15-12-9-13(11-16-10-12)18-5-7-19(8-6-18)14-3-1-2-4-17-14/h1-4,9-11H,5-8H2. The van der Waals surface area contributed by atoms with Crippen molar-refractivity contribution in [2.45, 2.75) is 0 Å². The summed E-state index contributed by atoms with van der Waals surface area (Å²) in [6.07, 6.45) is 5.58. The first-order chi connectivity index (χ1) is 9.33. The zero-order valence-corrected chi connectivity index (χ0v) is 12.1. The van der Waals surface area contributed by atoms with Crippen molar-refractivity contribution in [1.29, 1.82) is 0 Å². The van der Waals surface area contributed by atoms with E-state index in [1.807, 2.05) is 30.7 Å². The second-order valence-corrected chi connectivity index (χ2v) is 5.44. The van der Waals surface area contributed by atoms with Crippen molar-refractivity contribution in [2.75, 3.05) is 36.0 Å². The Balaban J connectivity index is 1.67. The summed E-state index contributed by atoms with van der Waals surface area (Å²) in [5.41, 5.74) is 1.18. The van der Waals surface area contributed by atoms with Crippen molar-refractivity contribution >= 4 is 27.4 Å². The molecule has 3 rings (SSSR count). The van der Waals surface area contributed by atoms with E-state index in [2.05, 4.69) is 47.8 Å². The van der Waals surface area contributed by atoms with Gasteiger partial charge in [-0.2, -0.15) is 0 Å². The highest BCUT2D eigenvalue weighted by atomic mass is 79.9. The fraction of sp³-hybridized carbons (Fsp3) is 0.286. The van der Waals surface area contributed by atoms with E-state index < -0.39 is 0 Å². The molecule has 4 nitrogen and oxygen atoms in total. The third-order valence-corrected chi connectivity index (χ3v) is 3.74. The molecule has 2 aromatic heterocycles. The Morgan fingerprint density at radius 1 is 1.00 bits per heavy atom. The molecule has 0 atom stereocenters. The number of piperazine rings is 1. The number of halogens is 1. The number of anilines is 2. The number of rotatable bonds is 2. The maximum atomic E-state index is 4.40. The van der Waals surface area contributed by atoms with Crippen LogP contribution in [0.3, 0.4) is 0 Å². The summed E-state index contributed by atoms with van der Waals surface area (Å²) in [6, 6.07) is 8.17. The van der Waals surface area contributed by atoms with Gasteiger partial charge < -0.3 is 9.80 Å². The van der Waals surface area contributed by atoms with Gasteiger partial charge in [-0.1, -0.05) is 6.07 Å². The summed E-state index contributed by atoms with van der Waals surface area (Å²) in [5, 5.41) is 0. The van der Waals surface area contributed by atoms with Crippen LogP contribution in [-0.4, -0.2) is 36.1 Å². The van der Waals surface area contributed by atoms with E-state index in [0.717, 1.165) is 36.5 Å². The molecule has 19 heavy (non-hydrogen) atoms. The van der Waals surface area contributed by atoms with Crippen molar-refractivity contribution in [3.8, 4) is 0 Å². The summed E-state index contributed by atoms with van der Waals surface area (Å²) in [6.45, 7) is 3.97. The zero-order chi connectivity index (χ0) is 13.1. The SMILES string of the molecule is Brc1cncc(N2CCN(c3ccccn3)CC2)c1. The maximum Gasteiger partial charge on any atom is 0.128 e. The van der Waals surface area contributed by atoms with Gasteiger partial charge in [-0.25, -0.2) is 4.98 Å². The molecule has 5 heteroatoms. The number of pyridine rings is 2. The van der Waals surface area contributed by atoms with Crippen LogP contribution in [-0.2, 0) is 0 Å². The highest BCUT2D eigenvalue weighted by molar-refractivity contribution is 9.10. The Hall–Kier alpha value is -1.62. The fourth-order valence-corrected chi connectivity index (χ4v) is 2.66. The average Bonchev–Trinajstić information content (AvgIpc) is 2.48. The predicted octanol–water partition coefficient (Wildman–Crippen LogP) is 2.57. The minimum atomic E-state index is 0.990. The van der Waals surface area contributed by atoms with E-state index in [1.54, 1.807) is 0 Å². The molecule has 0 spiro atoms. The molecule has 0 radical (unpaired) electrons. The lowest BCUT2D eigenvalue weighted by Gasteiger charge is -2.36. The summed E-state index contributed by atoms with van der Waals surface area (Å²) >= 11 is 3.47. The Morgan fingerprint density at radius 3 is 2.47 bits per heavy atom. The van der Waals surface area contributed by atoms with Gasteiger partial charge in [0.25, 0.3) is 0 Å². The number of nitrogens with zero attached hydrogens (tertiary/aromatic N) is 4. The Kier molecular flexibility index (Phi) is 3.64. The van der Waals surface area contributed by atoms with Crippen LogP contribution in [0.4, 0.5) is 11.5 Å². The molecule has 0 N–H and O–H groups in total. The van der Waals surface area contributed by atoms with E-state index in [0.29, 0.717) is 0 Å². The molecule has 1 aliphatic rings. The highest BCUT2D eigenvalue weighted by Crippen LogP contribution is 2.21. The van der Waals surface area contributed by atoms with Crippen LogP contribution < -0.4 is 9.80 Å². The molecular formula is C14H15BrN4. The Labute approximate surface area is 121 Å². The molecule has 0 bridgehead atoms. The quantitative estimate of drug-likeness (QED) is 0.852. The van der Waals surface area contributed by atoms with Crippen LogP contribution in [0.1, 0.15) is 0 Å². The first kappa shape index (κ1) is 12.4. The highest BCUT2D eigenvalue weighted by Gasteiger charge is 2.18. The van der Waals surface area contributed by atoms with Crippen LogP contribution >= 0.6 is 15.9 Å². The largest absolute Gasteiger partial charge is 0.367 e. The van der Waals surface area contributed by atoms with E-state index in [-0.39, 0.29) is 0 Å². The van der Waals surface area contributed by atoms with Gasteiger partial charge in [0.2, 0.25) is 0 Å². The van der Waals surface area contributed by atoms with Gasteiger partial charge in [-0.15, -0.1) is 0 Å². The maximum absolute atomic E-state index is 4.40. The van der Waals surface area contributed by atoms with Gasteiger partial charge in [0, 0.05) is 43.0 Å². The van der Waals surface area contributed by atoms with Crippen molar-refractivity contribution in [1.82, 2.24) is 9.97 Å². The monoisotopic (exact) mass is 318 g/mol. The number of hydrogen-bond acceptors (Lipinski definition) is 4. The van der Waals surface area contributed by atoms with Crippen molar-refractivity contribution in [3.05, 3.63) is 47.3 Å². The molecule has 1 fully saturated rings. The molecule has 1 aliphatic heterocycles. The second kappa shape index (κ2) is 5.57. The third kappa shape index (κ3) is 2.87. The van der Waals surface area contributed by atoms with E-state index in [9.17, 15) is 0 Å². The molecule has 0 unspecified atom stereocenters. The van der Waals surface area contributed by atoms with Gasteiger partial charge in [0.05, 0.1) is 11.9 Å². The third-order valence-electron chi connectivity index (χ3n) is 3.31. The summed E-state index contributed by atoms with van der Waals surface area (Å²) < 4.78 is 1.03. The second-order valence-electron chi connectivity index (χ2n) is 4.52. The first-order valence-electron chi connectivity index (χ1n) is 6.34. The molecule has 0 aliphatic carbocycles. The lowest BCUT2D eigenvalue weighted by atomic mass is 10.2. The fourth-order valence-electron chi connectivity index (χ4n) is 2.31. The average molecular weight is 319 g/mol. The molecule has 0 aromatic carbocycles. The van der Waals surface area contributed by atoms with Gasteiger partial charge >= 0.3 is 0 Å². The summed E-state index contributed by atoms with van der Waals surface area (Å²) in [4.78, 5) is 13.3. The normalized spacial score (nSPS) is 15.6. The zero-order valence-electron chi connectivity index (χ0n) is 10.5. The van der Waals surface area contributed by atoms with Crippen LogP contribution in [0.2, 0.25) is 0 Å². The molecule has 2 aromatic rings. The molecular weight excluding hydrogens is 304 g/mol. The van der Waals surface area contributed by atoms with Crippen molar-refractivity contribution in [2.24, 2.45) is 0 Å². The Bertz CT molecular complexity index is 538. The van der Waals surface area contributed by atoms with E-state index in [4.69, 9.17) is 0 Å². The van der Waals surface area contributed by atoms with Crippen molar-refractivity contribution in [3.63, 3.8) is 0 Å². The van der Waals surface area contributed by atoms with Crippen LogP contribution in [0, 0.1) is 0 Å². The first-order valence-corrected chi connectivity index (χ1v) is 7.14. The predicted molar refractivity (Wildman–Crippen MR) is 80.6 cm³/mol. The lowest BCUT2D eigenvalue weighted by molar-refractivity contribution is 0.646. The van der Waals surface area contributed by atoms with E-state index in [1.165, 1.54) is 5.69 Å². The summed E-state index contributed by atoms with van der Waals surface area (Å²) in [7, 11) is 0. The smallest absolute Gasteiger partial charge is 0.128 e. The van der Waals surface area contributed by atoms with Gasteiger partial charge in [0.1, 0.15) is 5.82 Å². The lowest BCUT2D eigenvalue weighted by Crippen LogP contribution is -2.46. The Morgan fingerprint density at radius 2 is 1.79 bits per heavy atom. The topological polar surface area (TPSA) is 32.3 Å². The number of aromatic nitrogens is 2. The van der Waals surface area contributed by atoms with E-state index >= 15 is 0 Å². The molecule has 98 valence electrons. The minimum absolute atomic E-state index is 0.990. The minimum Gasteiger partial charge on any atom is -0.367 e. The van der Waals surface area contributed by atoms with Gasteiger partial charge in [0.15, 0.2) is 0 Å².